The molecule has 2 heterocycles. The smallest absolute Gasteiger partial charge is 0.140 e. The third kappa shape index (κ3) is 6.55. The fraction of sp³-hybridized carbons (Fsp3) is 0.0769. The number of benzene rings is 10. The average molecular weight is 861 g/mol. The van der Waals surface area contributed by atoms with Gasteiger partial charge in [-0.3, -0.25) is 0 Å². The molecule has 2 heteroatoms. The Morgan fingerprint density at radius 1 is 0.299 bits per heavy atom. The van der Waals surface area contributed by atoms with Gasteiger partial charge in [-0.1, -0.05) is 227 Å². The molecule has 0 bridgehead atoms. The first kappa shape index (κ1) is 40.3. The van der Waals surface area contributed by atoms with Crippen LogP contribution in [0.3, 0.4) is 0 Å². The molecule has 2 aliphatic heterocycles. The highest BCUT2D eigenvalue weighted by atomic mass is 16.5. The van der Waals surface area contributed by atoms with Crippen LogP contribution in [0.1, 0.15) is 48.6 Å². The standard InChI is InChI=1S/C65H48O2/c1-64(2,3)54-39-40-55-63(67-58-38-21-18-35-53(58)65(55)51-33-16-19-36-56(51)66-57-37-20-17-34-52(57)65)61(54)48-32-22-31-47(41-48)60-50(44-25-10-5-11-26-44)42-49(43-23-8-4-9-24-43)59(45-27-12-6-13-28-45)62(60)46-29-14-7-15-30-46/h4-42H,1-3H3. The highest BCUT2D eigenvalue weighted by molar-refractivity contribution is 6.08. The Kier molecular flexibility index (Phi) is 9.66. The lowest BCUT2D eigenvalue weighted by Gasteiger charge is -2.45. The van der Waals surface area contributed by atoms with Crippen molar-refractivity contribution in [3.05, 3.63) is 264 Å². The second-order valence-electron chi connectivity index (χ2n) is 18.7. The molecule has 0 N–H and O–H groups in total. The van der Waals surface area contributed by atoms with Gasteiger partial charge in [0, 0.05) is 27.8 Å². The summed E-state index contributed by atoms with van der Waals surface area (Å²) in [5, 5.41) is 0. The quantitative estimate of drug-likeness (QED) is 0.166. The summed E-state index contributed by atoms with van der Waals surface area (Å²) in [5.74, 6) is 3.40. The molecule has 10 aromatic rings. The number of ether oxygens (including phenoxy) is 2. The Labute approximate surface area is 393 Å². The molecule has 0 unspecified atom stereocenters. The zero-order chi connectivity index (χ0) is 45.1. The number of fused-ring (bicyclic) bond motifs is 8. The molecule has 0 saturated carbocycles. The Morgan fingerprint density at radius 2 is 0.687 bits per heavy atom. The summed E-state index contributed by atoms with van der Waals surface area (Å²) in [4.78, 5) is 0. The average Bonchev–Trinajstić information content (AvgIpc) is 3.38. The van der Waals surface area contributed by atoms with E-state index in [2.05, 4.69) is 257 Å². The van der Waals surface area contributed by atoms with Crippen LogP contribution >= 0.6 is 0 Å². The normalized spacial score (nSPS) is 13.1. The van der Waals surface area contributed by atoms with E-state index in [1.54, 1.807) is 0 Å². The van der Waals surface area contributed by atoms with Gasteiger partial charge in [-0.25, -0.2) is 0 Å². The summed E-state index contributed by atoms with van der Waals surface area (Å²) in [7, 11) is 0. The van der Waals surface area contributed by atoms with Gasteiger partial charge in [-0.05, 0) is 103 Å². The van der Waals surface area contributed by atoms with Gasteiger partial charge >= 0.3 is 0 Å². The maximum Gasteiger partial charge on any atom is 0.140 e. The van der Waals surface area contributed by atoms with Gasteiger partial charge in [-0.15, -0.1) is 0 Å². The number of hydrogen-bond donors (Lipinski definition) is 0. The molecule has 2 aliphatic rings. The molecular formula is C65H48O2. The van der Waals surface area contributed by atoms with Crippen LogP contribution in [-0.2, 0) is 10.8 Å². The van der Waals surface area contributed by atoms with E-state index in [0.717, 1.165) is 73.1 Å². The van der Waals surface area contributed by atoms with Crippen LogP contribution in [0.4, 0.5) is 0 Å². The lowest BCUT2D eigenvalue weighted by molar-refractivity contribution is 0.399. The van der Waals surface area contributed by atoms with Crippen molar-refractivity contribution in [3.63, 3.8) is 0 Å². The largest absolute Gasteiger partial charge is 0.457 e. The van der Waals surface area contributed by atoms with Gasteiger partial charge in [0.15, 0.2) is 0 Å². The minimum Gasteiger partial charge on any atom is -0.457 e. The van der Waals surface area contributed by atoms with Crippen molar-refractivity contribution in [1.82, 2.24) is 0 Å². The van der Waals surface area contributed by atoms with Crippen LogP contribution < -0.4 is 9.47 Å². The Bertz CT molecular complexity index is 3410. The third-order valence-electron chi connectivity index (χ3n) is 13.7. The Morgan fingerprint density at radius 3 is 1.18 bits per heavy atom. The van der Waals surface area contributed by atoms with Crippen molar-refractivity contribution in [2.75, 3.05) is 0 Å². The van der Waals surface area contributed by atoms with E-state index >= 15 is 0 Å². The van der Waals surface area contributed by atoms with E-state index in [1.807, 2.05) is 0 Å². The molecule has 0 amide bonds. The molecule has 0 fully saturated rings. The topological polar surface area (TPSA) is 18.5 Å². The summed E-state index contributed by atoms with van der Waals surface area (Å²) >= 11 is 0. The van der Waals surface area contributed by atoms with Crippen LogP contribution in [0, 0.1) is 0 Å². The van der Waals surface area contributed by atoms with E-state index in [1.165, 1.54) is 44.5 Å². The van der Waals surface area contributed by atoms with E-state index < -0.39 is 5.41 Å². The monoisotopic (exact) mass is 860 g/mol. The molecule has 0 aliphatic carbocycles. The van der Waals surface area contributed by atoms with Gasteiger partial charge in [0.25, 0.3) is 0 Å². The highest BCUT2D eigenvalue weighted by Crippen LogP contribution is 2.63. The van der Waals surface area contributed by atoms with Gasteiger partial charge in [-0.2, -0.15) is 0 Å². The van der Waals surface area contributed by atoms with Gasteiger partial charge in [0.05, 0.1) is 5.41 Å². The molecule has 1 spiro atoms. The molecule has 2 nitrogen and oxygen atoms in total. The van der Waals surface area contributed by atoms with Crippen LogP contribution in [-0.4, -0.2) is 0 Å². The highest BCUT2D eigenvalue weighted by Gasteiger charge is 2.51. The molecular weight excluding hydrogens is 813 g/mol. The SMILES string of the molecule is CC(C)(C)c1ccc2c(c1-c1cccc(-c3c(-c4ccccc4)cc(-c4ccccc4)c(-c4ccccc4)c3-c3ccccc3)c1)Oc1ccccc1C21c2ccccc2Oc2ccccc21. The van der Waals surface area contributed by atoms with Crippen molar-refractivity contribution >= 4 is 0 Å². The number of para-hydroxylation sites is 3. The molecule has 10 aromatic carbocycles. The minimum absolute atomic E-state index is 0.235. The van der Waals surface area contributed by atoms with Crippen LogP contribution in [0.5, 0.6) is 23.0 Å². The molecule has 0 aromatic heterocycles. The second-order valence-corrected chi connectivity index (χ2v) is 18.7. The molecule has 0 atom stereocenters. The van der Waals surface area contributed by atoms with E-state index in [9.17, 15) is 0 Å². The van der Waals surface area contributed by atoms with E-state index in [0.29, 0.717) is 0 Å². The van der Waals surface area contributed by atoms with Gasteiger partial charge in [0.2, 0.25) is 0 Å². The summed E-state index contributed by atoms with van der Waals surface area (Å²) in [6.45, 7) is 6.93. The Balaban J connectivity index is 1.20. The number of hydrogen-bond acceptors (Lipinski definition) is 2. The zero-order valence-corrected chi connectivity index (χ0v) is 37.8. The van der Waals surface area contributed by atoms with Crippen LogP contribution in [0.2, 0.25) is 0 Å². The van der Waals surface area contributed by atoms with Crippen molar-refractivity contribution in [1.29, 1.82) is 0 Å². The predicted molar refractivity (Wildman–Crippen MR) is 276 cm³/mol. The maximum absolute atomic E-state index is 7.39. The van der Waals surface area contributed by atoms with Gasteiger partial charge in [0.1, 0.15) is 23.0 Å². The molecule has 0 radical (unpaired) electrons. The van der Waals surface area contributed by atoms with Crippen molar-refractivity contribution in [2.24, 2.45) is 0 Å². The van der Waals surface area contributed by atoms with Crippen LogP contribution in [0.25, 0.3) is 66.8 Å². The van der Waals surface area contributed by atoms with E-state index in [4.69, 9.17) is 9.47 Å². The maximum atomic E-state index is 7.39. The first-order valence-electron chi connectivity index (χ1n) is 23.3. The summed E-state index contributed by atoms with van der Waals surface area (Å²) < 4.78 is 14.1. The fourth-order valence-electron chi connectivity index (χ4n) is 10.9. The summed E-state index contributed by atoms with van der Waals surface area (Å²) in [6, 6.07) is 85.5. The Hall–Kier alpha value is -8.20. The number of rotatable bonds is 6. The first-order valence-corrected chi connectivity index (χ1v) is 23.3. The van der Waals surface area contributed by atoms with Gasteiger partial charge < -0.3 is 9.47 Å². The molecule has 67 heavy (non-hydrogen) atoms. The molecule has 0 saturated heterocycles. The third-order valence-corrected chi connectivity index (χ3v) is 13.7. The summed E-state index contributed by atoms with van der Waals surface area (Å²) in [6.07, 6.45) is 0. The van der Waals surface area contributed by atoms with Crippen molar-refractivity contribution < 1.29 is 9.47 Å². The zero-order valence-electron chi connectivity index (χ0n) is 37.8. The molecule has 12 rings (SSSR count). The van der Waals surface area contributed by atoms with Crippen molar-refractivity contribution in [2.45, 2.75) is 31.6 Å². The lowest BCUT2D eigenvalue weighted by Crippen LogP contribution is -2.37. The minimum atomic E-state index is -0.711. The lowest BCUT2D eigenvalue weighted by atomic mass is 9.61. The van der Waals surface area contributed by atoms with E-state index in [-0.39, 0.29) is 5.41 Å². The first-order chi connectivity index (χ1) is 32.9. The van der Waals surface area contributed by atoms with Crippen molar-refractivity contribution in [3.8, 4) is 89.8 Å². The second kappa shape index (κ2) is 16.0. The summed E-state index contributed by atoms with van der Waals surface area (Å²) in [5.41, 5.74) is 18.5. The molecule has 320 valence electrons. The van der Waals surface area contributed by atoms with Crippen LogP contribution in [0.15, 0.2) is 237 Å². The fourth-order valence-corrected chi connectivity index (χ4v) is 10.9. The predicted octanol–water partition coefficient (Wildman–Crippen LogP) is 17.6.